The van der Waals surface area contributed by atoms with Crippen molar-refractivity contribution in [3.05, 3.63) is 36.0 Å². The second-order valence-corrected chi connectivity index (χ2v) is 9.33. The third-order valence-electron chi connectivity index (χ3n) is 6.08. The molecule has 4 atom stereocenters. The number of aliphatic carboxylic acids is 1. The van der Waals surface area contributed by atoms with Gasteiger partial charge in [0.2, 0.25) is 17.7 Å². The van der Waals surface area contributed by atoms with Gasteiger partial charge >= 0.3 is 5.97 Å². The summed E-state index contributed by atoms with van der Waals surface area (Å²) < 4.78 is 0. The topological polar surface area (TPSA) is 213 Å². The Bertz CT molecular complexity index is 1070. The molecule has 12 heteroatoms. The van der Waals surface area contributed by atoms with E-state index in [-0.39, 0.29) is 12.3 Å². The number of H-pyrrole nitrogens is 1. The van der Waals surface area contributed by atoms with E-state index in [1.807, 2.05) is 24.3 Å². The number of rotatable bonds is 15. The van der Waals surface area contributed by atoms with E-state index < -0.39 is 54.5 Å². The zero-order valence-electron chi connectivity index (χ0n) is 21.2. The summed E-state index contributed by atoms with van der Waals surface area (Å²) in [5.74, 6) is -3.69. The van der Waals surface area contributed by atoms with Crippen molar-refractivity contribution in [3.8, 4) is 0 Å². The van der Waals surface area contributed by atoms with Crippen molar-refractivity contribution in [2.45, 2.75) is 63.7 Å². The molecule has 0 saturated carbocycles. The fourth-order valence-corrected chi connectivity index (χ4v) is 3.88. The number of para-hydroxylation sites is 1. The van der Waals surface area contributed by atoms with Crippen molar-refractivity contribution < 1.29 is 29.4 Å². The van der Waals surface area contributed by atoms with Gasteiger partial charge in [-0.05, 0) is 36.9 Å². The smallest absolute Gasteiger partial charge is 0.326 e. The molecule has 12 nitrogen and oxygen atoms in total. The lowest BCUT2D eigenvalue weighted by Crippen LogP contribution is -2.59. The first kappa shape index (κ1) is 29.7. The van der Waals surface area contributed by atoms with E-state index >= 15 is 0 Å². The standard InChI is InChI=1S/C25H38N6O6/c1-14(2)21(31-22(33)17(27)8-5-6-10-26)24(35)30-20(13-32)23(34)29-19(25(36)37)11-15-12-28-18-9-4-3-7-16(15)18/h3-4,7,9,12,14,17,19-21,28,32H,5-6,8,10-11,13,26-27H2,1-2H3,(H,29,34)(H,30,35)(H,31,33)(H,36,37). The molecule has 1 aromatic carbocycles. The minimum Gasteiger partial charge on any atom is -0.480 e. The van der Waals surface area contributed by atoms with Crippen LogP contribution in [0.1, 0.15) is 38.7 Å². The molecule has 3 amide bonds. The highest BCUT2D eigenvalue weighted by Gasteiger charge is 2.31. The summed E-state index contributed by atoms with van der Waals surface area (Å²) in [6.07, 6.45) is 3.46. The Morgan fingerprint density at radius 1 is 0.973 bits per heavy atom. The highest BCUT2D eigenvalue weighted by molar-refractivity contribution is 5.94. The molecule has 0 bridgehead atoms. The lowest BCUT2D eigenvalue weighted by atomic mass is 10.0. The van der Waals surface area contributed by atoms with E-state index in [4.69, 9.17) is 11.5 Å². The quantitative estimate of drug-likeness (QED) is 0.142. The minimum absolute atomic E-state index is 0.0100. The molecule has 1 aromatic heterocycles. The fourth-order valence-electron chi connectivity index (χ4n) is 3.88. The number of aliphatic hydroxyl groups is 1. The van der Waals surface area contributed by atoms with Crippen LogP contribution in [0.15, 0.2) is 30.5 Å². The summed E-state index contributed by atoms with van der Waals surface area (Å²) in [5, 5.41) is 27.7. The highest BCUT2D eigenvalue weighted by Crippen LogP contribution is 2.19. The predicted octanol–water partition coefficient (Wildman–Crippen LogP) is -0.646. The number of nitrogens with one attached hydrogen (secondary N) is 4. The van der Waals surface area contributed by atoms with Crippen molar-refractivity contribution in [1.29, 1.82) is 0 Å². The number of hydrogen-bond donors (Lipinski definition) is 8. The maximum absolute atomic E-state index is 12.9. The molecule has 0 aliphatic carbocycles. The first-order chi connectivity index (χ1) is 17.6. The van der Waals surface area contributed by atoms with Crippen LogP contribution in [0.4, 0.5) is 0 Å². The average molecular weight is 519 g/mol. The third kappa shape index (κ3) is 8.55. The maximum atomic E-state index is 12.9. The molecule has 0 fully saturated rings. The van der Waals surface area contributed by atoms with Crippen LogP contribution >= 0.6 is 0 Å². The Balaban J connectivity index is 2.04. The lowest BCUT2D eigenvalue weighted by Gasteiger charge is -2.26. The van der Waals surface area contributed by atoms with E-state index in [9.17, 15) is 29.4 Å². The molecule has 0 aliphatic rings. The first-order valence-electron chi connectivity index (χ1n) is 12.3. The van der Waals surface area contributed by atoms with E-state index in [1.54, 1.807) is 20.0 Å². The molecule has 4 unspecified atom stereocenters. The maximum Gasteiger partial charge on any atom is 0.326 e. The van der Waals surface area contributed by atoms with E-state index in [2.05, 4.69) is 20.9 Å². The number of carbonyl (C=O) groups is 4. The van der Waals surface area contributed by atoms with Crippen LogP contribution in [-0.2, 0) is 25.6 Å². The predicted molar refractivity (Wildman–Crippen MR) is 138 cm³/mol. The Hall–Kier alpha value is -3.48. The van der Waals surface area contributed by atoms with Crippen LogP contribution in [-0.4, -0.2) is 76.2 Å². The van der Waals surface area contributed by atoms with Crippen LogP contribution in [0.5, 0.6) is 0 Å². The Labute approximate surface area is 215 Å². The molecule has 204 valence electrons. The highest BCUT2D eigenvalue weighted by atomic mass is 16.4. The largest absolute Gasteiger partial charge is 0.480 e. The molecule has 1 heterocycles. The van der Waals surface area contributed by atoms with Crippen molar-refractivity contribution in [2.24, 2.45) is 17.4 Å². The zero-order chi connectivity index (χ0) is 27.5. The number of nitrogens with two attached hydrogens (primary N) is 2. The van der Waals surface area contributed by atoms with Gasteiger partial charge in [0.05, 0.1) is 12.6 Å². The van der Waals surface area contributed by atoms with Gasteiger partial charge in [-0.2, -0.15) is 0 Å². The van der Waals surface area contributed by atoms with E-state index in [1.165, 1.54) is 0 Å². The molecule has 10 N–H and O–H groups in total. The molecule has 0 radical (unpaired) electrons. The number of aromatic nitrogens is 1. The SMILES string of the molecule is CC(C)C(NC(=O)C(N)CCCCN)C(=O)NC(CO)C(=O)NC(Cc1c[nH]c2ccccc12)C(=O)O. The van der Waals surface area contributed by atoms with Gasteiger partial charge in [-0.3, -0.25) is 14.4 Å². The van der Waals surface area contributed by atoms with Crippen LogP contribution < -0.4 is 27.4 Å². The molecule has 2 aromatic rings. The average Bonchev–Trinajstić information content (AvgIpc) is 3.27. The first-order valence-corrected chi connectivity index (χ1v) is 12.3. The number of unbranched alkanes of at least 4 members (excludes halogenated alkanes) is 1. The van der Waals surface area contributed by atoms with Crippen molar-refractivity contribution in [1.82, 2.24) is 20.9 Å². The van der Waals surface area contributed by atoms with Crippen LogP contribution in [0, 0.1) is 5.92 Å². The molecule has 0 aliphatic heterocycles. The normalized spacial score (nSPS) is 14.5. The summed E-state index contributed by atoms with van der Waals surface area (Å²) in [5.41, 5.74) is 12.9. The monoisotopic (exact) mass is 518 g/mol. The Morgan fingerprint density at radius 3 is 2.27 bits per heavy atom. The number of amides is 3. The lowest BCUT2D eigenvalue weighted by molar-refractivity contribution is -0.142. The summed E-state index contributed by atoms with van der Waals surface area (Å²) in [7, 11) is 0. The molecule has 37 heavy (non-hydrogen) atoms. The van der Waals surface area contributed by atoms with Gasteiger partial charge in [-0.1, -0.05) is 38.5 Å². The van der Waals surface area contributed by atoms with Crippen molar-refractivity contribution >= 4 is 34.6 Å². The number of benzene rings is 1. The number of carboxylic acids is 1. The molecular weight excluding hydrogens is 480 g/mol. The third-order valence-corrected chi connectivity index (χ3v) is 6.08. The number of hydrogen-bond acceptors (Lipinski definition) is 7. The van der Waals surface area contributed by atoms with Crippen molar-refractivity contribution in [3.63, 3.8) is 0 Å². The van der Waals surface area contributed by atoms with Crippen molar-refractivity contribution in [2.75, 3.05) is 13.2 Å². The summed E-state index contributed by atoms with van der Waals surface area (Å²) in [4.78, 5) is 53.1. The Morgan fingerprint density at radius 2 is 1.65 bits per heavy atom. The minimum atomic E-state index is -1.42. The van der Waals surface area contributed by atoms with Gasteiger partial charge in [-0.15, -0.1) is 0 Å². The van der Waals surface area contributed by atoms with Gasteiger partial charge in [-0.25, -0.2) is 4.79 Å². The second-order valence-electron chi connectivity index (χ2n) is 9.33. The molecular formula is C25H38N6O6. The summed E-state index contributed by atoms with van der Waals surface area (Å²) in [6, 6.07) is 2.79. The summed E-state index contributed by atoms with van der Waals surface area (Å²) >= 11 is 0. The van der Waals surface area contributed by atoms with Crippen LogP contribution in [0.25, 0.3) is 10.9 Å². The number of carboxylic acid groups (broad SMARTS) is 1. The van der Waals surface area contributed by atoms with Crippen LogP contribution in [0.2, 0.25) is 0 Å². The number of aliphatic hydroxyl groups excluding tert-OH is 1. The van der Waals surface area contributed by atoms with Gasteiger partial charge < -0.3 is 42.6 Å². The fraction of sp³-hybridized carbons (Fsp3) is 0.520. The van der Waals surface area contributed by atoms with Crippen LogP contribution in [0.3, 0.4) is 0 Å². The summed E-state index contributed by atoms with van der Waals surface area (Å²) in [6.45, 7) is 3.13. The molecule has 0 spiro atoms. The van der Waals surface area contributed by atoms with E-state index in [0.29, 0.717) is 24.9 Å². The number of fused-ring (bicyclic) bond motifs is 1. The van der Waals surface area contributed by atoms with Gasteiger partial charge in [0.1, 0.15) is 18.1 Å². The zero-order valence-corrected chi connectivity index (χ0v) is 21.2. The number of aromatic amines is 1. The van der Waals surface area contributed by atoms with Gasteiger partial charge in [0, 0.05) is 23.5 Å². The number of carbonyl (C=O) groups excluding carboxylic acids is 3. The van der Waals surface area contributed by atoms with E-state index in [0.717, 1.165) is 17.3 Å². The molecule has 0 saturated heterocycles. The van der Waals surface area contributed by atoms with Gasteiger partial charge in [0.25, 0.3) is 0 Å². The van der Waals surface area contributed by atoms with Gasteiger partial charge in [0.15, 0.2) is 0 Å². The Kier molecular flexibility index (Phi) is 11.5. The molecule has 2 rings (SSSR count). The second kappa shape index (κ2) is 14.3.